The van der Waals surface area contributed by atoms with Crippen molar-refractivity contribution in [2.45, 2.75) is 3.79 Å². The number of halogens is 4. The minimum atomic E-state index is -1.30. The Balaban J connectivity index is 2.99. The molecule has 0 aliphatic rings. The smallest absolute Gasteiger partial charge is 0.0784 e. The van der Waals surface area contributed by atoms with Crippen LogP contribution in [0.4, 0.5) is 0 Å². The van der Waals surface area contributed by atoms with Gasteiger partial charge in [-0.05, 0) is 34.7 Å². The minimum Gasteiger partial charge on any atom is -0.0784 e. The van der Waals surface area contributed by atoms with E-state index in [9.17, 15) is 0 Å². The van der Waals surface area contributed by atoms with Crippen LogP contribution in [0.1, 0.15) is 5.56 Å². The highest BCUT2D eigenvalue weighted by Gasteiger charge is 2.21. The molecular formula is C7H4Cl3I. The van der Waals surface area contributed by atoms with Crippen LogP contribution in [0.15, 0.2) is 24.3 Å². The van der Waals surface area contributed by atoms with Crippen molar-refractivity contribution in [3.05, 3.63) is 33.4 Å². The molecule has 1 rings (SSSR count). The number of alkyl halides is 3. The van der Waals surface area contributed by atoms with E-state index in [4.69, 9.17) is 34.8 Å². The molecule has 0 unspecified atom stereocenters. The fraction of sp³-hybridized carbons (Fsp3) is 0.143. The molecule has 0 spiro atoms. The fourth-order valence-corrected chi connectivity index (χ4v) is 1.38. The van der Waals surface area contributed by atoms with Gasteiger partial charge in [-0.2, -0.15) is 0 Å². The first-order chi connectivity index (χ1) is 5.00. The van der Waals surface area contributed by atoms with Gasteiger partial charge in [-0.25, -0.2) is 0 Å². The average molecular weight is 321 g/mol. The zero-order chi connectivity index (χ0) is 8.48. The fourth-order valence-electron chi connectivity index (χ4n) is 0.639. The highest BCUT2D eigenvalue weighted by Crippen LogP contribution is 2.37. The monoisotopic (exact) mass is 320 g/mol. The summed E-state index contributed by atoms with van der Waals surface area (Å²) in [6.07, 6.45) is 0. The summed E-state index contributed by atoms with van der Waals surface area (Å²) in [5, 5.41) is 0. The average Bonchev–Trinajstić information content (AvgIpc) is 1.86. The van der Waals surface area contributed by atoms with E-state index in [1.807, 2.05) is 12.1 Å². The molecule has 4 heteroatoms. The van der Waals surface area contributed by atoms with Gasteiger partial charge in [0.2, 0.25) is 3.79 Å². The van der Waals surface area contributed by atoms with E-state index in [-0.39, 0.29) is 0 Å². The third-order valence-corrected chi connectivity index (χ3v) is 2.55. The third kappa shape index (κ3) is 2.98. The van der Waals surface area contributed by atoms with Crippen LogP contribution in [-0.2, 0) is 3.79 Å². The van der Waals surface area contributed by atoms with E-state index < -0.39 is 3.79 Å². The van der Waals surface area contributed by atoms with Gasteiger partial charge in [0.15, 0.2) is 0 Å². The molecule has 0 bridgehead atoms. The van der Waals surface area contributed by atoms with Gasteiger partial charge in [0, 0.05) is 9.13 Å². The summed E-state index contributed by atoms with van der Waals surface area (Å²) in [6.45, 7) is 0. The zero-order valence-electron chi connectivity index (χ0n) is 5.32. The van der Waals surface area contributed by atoms with Gasteiger partial charge in [0.05, 0.1) is 0 Å². The largest absolute Gasteiger partial charge is 0.216 e. The highest BCUT2D eigenvalue weighted by molar-refractivity contribution is 14.1. The van der Waals surface area contributed by atoms with Crippen LogP contribution >= 0.6 is 57.4 Å². The molecule has 0 nitrogen and oxygen atoms in total. The van der Waals surface area contributed by atoms with Crippen molar-refractivity contribution in [3.63, 3.8) is 0 Å². The molecule has 60 valence electrons. The van der Waals surface area contributed by atoms with Gasteiger partial charge in [-0.3, -0.25) is 0 Å². The Kier molecular flexibility index (Phi) is 3.32. The van der Waals surface area contributed by atoms with E-state index in [1.54, 1.807) is 12.1 Å². The van der Waals surface area contributed by atoms with Crippen molar-refractivity contribution in [2.24, 2.45) is 0 Å². The van der Waals surface area contributed by atoms with Crippen molar-refractivity contribution < 1.29 is 0 Å². The maximum Gasteiger partial charge on any atom is 0.216 e. The maximum atomic E-state index is 5.64. The van der Waals surface area contributed by atoms with E-state index >= 15 is 0 Å². The van der Waals surface area contributed by atoms with Crippen LogP contribution in [0.2, 0.25) is 0 Å². The maximum absolute atomic E-state index is 5.64. The van der Waals surface area contributed by atoms with E-state index in [2.05, 4.69) is 22.6 Å². The molecule has 0 saturated carbocycles. The molecular weight excluding hydrogens is 317 g/mol. The molecule has 11 heavy (non-hydrogen) atoms. The van der Waals surface area contributed by atoms with Crippen molar-refractivity contribution in [1.29, 1.82) is 0 Å². The molecule has 0 aromatic heterocycles. The van der Waals surface area contributed by atoms with Crippen molar-refractivity contribution >= 4 is 57.4 Å². The Hall–Kier alpha value is 0.820. The number of hydrogen-bond acceptors (Lipinski definition) is 0. The molecule has 0 atom stereocenters. The second kappa shape index (κ2) is 3.69. The lowest BCUT2D eigenvalue weighted by molar-refractivity contribution is 1.24. The van der Waals surface area contributed by atoms with Crippen molar-refractivity contribution in [2.75, 3.05) is 0 Å². The molecule has 0 N–H and O–H groups in total. The second-order valence-electron chi connectivity index (χ2n) is 2.00. The Morgan fingerprint density at radius 2 is 1.45 bits per heavy atom. The van der Waals surface area contributed by atoms with Gasteiger partial charge >= 0.3 is 0 Å². The molecule has 0 aliphatic heterocycles. The first kappa shape index (κ1) is 9.90. The van der Waals surface area contributed by atoms with Crippen LogP contribution < -0.4 is 0 Å². The molecule has 1 aromatic rings. The highest BCUT2D eigenvalue weighted by atomic mass is 127. The first-order valence-corrected chi connectivity index (χ1v) is 5.04. The Bertz CT molecular complexity index is 237. The summed E-state index contributed by atoms with van der Waals surface area (Å²) in [4.78, 5) is 0. The summed E-state index contributed by atoms with van der Waals surface area (Å²) >= 11 is 19.1. The molecule has 0 aliphatic carbocycles. The van der Waals surface area contributed by atoms with Crippen LogP contribution in [0.25, 0.3) is 0 Å². The van der Waals surface area contributed by atoms with E-state index in [0.29, 0.717) is 5.56 Å². The molecule has 1 aromatic carbocycles. The second-order valence-corrected chi connectivity index (χ2v) is 5.53. The first-order valence-electron chi connectivity index (χ1n) is 2.83. The van der Waals surface area contributed by atoms with Crippen molar-refractivity contribution in [3.8, 4) is 0 Å². The molecule has 0 saturated heterocycles. The van der Waals surface area contributed by atoms with Gasteiger partial charge < -0.3 is 0 Å². The zero-order valence-corrected chi connectivity index (χ0v) is 9.75. The topological polar surface area (TPSA) is 0 Å². The lowest BCUT2D eigenvalue weighted by Crippen LogP contribution is -1.98. The molecule has 0 fully saturated rings. The van der Waals surface area contributed by atoms with Gasteiger partial charge in [0.1, 0.15) is 0 Å². The van der Waals surface area contributed by atoms with E-state index in [1.165, 1.54) is 0 Å². The van der Waals surface area contributed by atoms with Crippen LogP contribution in [0.3, 0.4) is 0 Å². The molecule has 0 heterocycles. The van der Waals surface area contributed by atoms with Gasteiger partial charge in [-0.15, -0.1) is 0 Å². The summed E-state index contributed by atoms with van der Waals surface area (Å²) in [5.74, 6) is 0. The number of benzene rings is 1. The van der Waals surface area contributed by atoms with E-state index in [0.717, 1.165) is 3.57 Å². The SMILES string of the molecule is ClC(Cl)(Cl)c1ccc(I)cc1. The number of hydrogen-bond donors (Lipinski definition) is 0. The van der Waals surface area contributed by atoms with Gasteiger partial charge in [0.25, 0.3) is 0 Å². The Labute approximate surface area is 94.0 Å². The summed E-state index contributed by atoms with van der Waals surface area (Å²) in [7, 11) is 0. The van der Waals surface area contributed by atoms with Gasteiger partial charge in [-0.1, -0.05) is 46.9 Å². The Morgan fingerprint density at radius 1 is 1.00 bits per heavy atom. The molecule has 0 amide bonds. The van der Waals surface area contributed by atoms with Crippen LogP contribution in [0.5, 0.6) is 0 Å². The Morgan fingerprint density at radius 3 is 1.82 bits per heavy atom. The lowest BCUT2D eigenvalue weighted by Gasteiger charge is -2.10. The summed E-state index contributed by atoms with van der Waals surface area (Å²) < 4.78 is -0.176. The normalized spacial score (nSPS) is 11.6. The van der Waals surface area contributed by atoms with Crippen LogP contribution in [0, 0.1) is 3.57 Å². The summed E-state index contributed by atoms with van der Waals surface area (Å²) in [5.41, 5.74) is 0.697. The standard InChI is InChI=1S/C7H4Cl3I/c8-7(9,10)5-1-3-6(11)4-2-5/h1-4H. The predicted octanol–water partition coefficient (Wildman–Crippen LogP) is 4.12. The molecule has 0 radical (unpaired) electrons. The number of rotatable bonds is 0. The lowest BCUT2D eigenvalue weighted by atomic mass is 10.2. The minimum absolute atomic E-state index is 0.697. The summed E-state index contributed by atoms with van der Waals surface area (Å²) in [6, 6.07) is 7.40. The third-order valence-electron chi connectivity index (χ3n) is 1.17. The van der Waals surface area contributed by atoms with Crippen LogP contribution in [-0.4, -0.2) is 0 Å². The van der Waals surface area contributed by atoms with Crippen molar-refractivity contribution in [1.82, 2.24) is 0 Å². The predicted molar refractivity (Wildman–Crippen MR) is 58.4 cm³/mol. The quantitative estimate of drug-likeness (QED) is 0.498.